The lowest BCUT2D eigenvalue weighted by molar-refractivity contribution is -0.384. The zero-order chi connectivity index (χ0) is 12.1. The van der Waals surface area contributed by atoms with E-state index in [0.717, 1.165) is 12.1 Å². The number of esters is 1. The summed E-state index contributed by atoms with van der Waals surface area (Å²) in [5.41, 5.74) is 0.0868. The molecule has 6 nitrogen and oxygen atoms in total. The van der Waals surface area contributed by atoms with Gasteiger partial charge in [0.2, 0.25) is 0 Å². The lowest BCUT2D eigenvalue weighted by atomic mass is 10.1. The first-order valence-electron chi connectivity index (χ1n) is 4.28. The highest BCUT2D eigenvalue weighted by Gasteiger charge is 2.08. The summed E-state index contributed by atoms with van der Waals surface area (Å²) in [5, 5.41) is 19.8. The van der Waals surface area contributed by atoms with Gasteiger partial charge in [0.15, 0.2) is 0 Å². The fourth-order valence-electron chi connectivity index (χ4n) is 1.01. The van der Waals surface area contributed by atoms with E-state index >= 15 is 0 Å². The van der Waals surface area contributed by atoms with Gasteiger partial charge in [-0.1, -0.05) is 0 Å². The number of methoxy groups -OCH3 is 1. The van der Waals surface area contributed by atoms with Crippen LogP contribution in [-0.4, -0.2) is 23.1 Å². The molecule has 6 heteroatoms. The Bertz CT molecular complexity index is 453. The van der Waals surface area contributed by atoms with Crippen LogP contribution in [0.1, 0.15) is 5.56 Å². The third kappa shape index (κ3) is 2.81. The Balaban J connectivity index is 2.95. The van der Waals surface area contributed by atoms with Crippen LogP contribution in [0.3, 0.4) is 0 Å². The van der Waals surface area contributed by atoms with Gasteiger partial charge in [-0.05, 0) is 12.1 Å². The van der Waals surface area contributed by atoms with E-state index in [9.17, 15) is 20.0 Å². The van der Waals surface area contributed by atoms with Gasteiger partial charge in [-0.15, -0.1) is 0 Å². The second-order valence-electron chi connectivity index (χ2n) is 2.86. The Labute approximate surface area is 90.9 Å². The van der Waals surface area contributed by atoms with Crippen LogP contribution in [0.4, 0.5) is 5.69 Å². The van der Waals surface area contributed by atoms with Gasteiger partial charge in [0.25, 0.3) is 5.69 Å². The standard InChI is InChI=1S/C10H9NO5/c1-16-10(13)5-3-7-2-4-8(11(14)15)6-9(7)12/h2-6,12H,1H3/b5-3+. The van der Waals surface area contributed by atoms with Crippen LogP contribution >= 0.6 is 0 Å². The molecular weight excluding hydrogens is 214 g/mol. The van der Waals surface area contributed by atoms with Crippen molar-refractivity contribution < 1.29 is 19.6 Å². The average molecular weight is 223 g/mol. The monoisotopic (exact) mass is 223 g/mol. The van der Waals surface area contributed by atoms with Crippen molar-refractivity contribution in [1.82, 2.24) is 0 Å². The summed E-state index contributed by atoms with van der Waals surface area (Å²) in [5.74, 6) is -0.841. The Hall–Kier alpha value is -2.37. The predicted molar refractivity (Wildman–Crippen MR) is 55.8 cm³/mol. The molecular formula is C10H9NO5. The lowest BCUT2D eigenvalue weighted by Gasteiger charge is -1.98. The Morgan fingerprint density at radius 2 is 2.25 bits per heavy atom. The van der Waals surface area contributed by atoms with E-state index in [1.807, 2.05) is 0 Å². The first-order chi connectivity index (χ1) is 7.54. The molecule has 1 aromatic carbocycles. The first-order valence-corrected chi connectivity index (χ1v) is 4.28. The molecule has 0 spiro atoms. The van der Waals surface area contributed by atoms with E-state index in [1.165, 1.54) is 25.3 Å². The van der Waals surface area contributed by atoms with Crippen LogP contribution in [0.15, 0.2) is 24.3 Å². The number of hydrogen-bond acceptors (Lipinski definition) is 5. The molecule has 0 radical (unpaired) electrons. The molecule has 0 saturated carbocycles. The van der Waals surface area contributed by atoms with E-state index < -0.39 is 10.9 Å². The number of aromatic hydroxyl groups is 1. The number of carbonyl (C=O) groups is 1. The minimum atomic E-state index is -0.618. The number of nitrogens with zero attached hydrogens (tertiary/aromatic N) is 1. The molecule has 1 rings (SSSR count). The summed E-state index contributed by atoms with van der Waals surface area (Å²) in [7, 11) is 1.22. The van der Waals surface area contributed by atoms with Gasteiger partial charge in [0.05, 0.1) is 18.1 Å². The molecule has 16 heavy (non-hydrogen) atoms. The largest absolute Gasteiger partial charge is 0.507 e. The van der Waals surface area contributed by atoms with Crippen LogP contribution in [0.2, 0.25) is 0 Å². The van der Waals surface area contributed by atoms with Crippen molar-refractivity contribution in [2.24, 2.45) is 0 Å². The summed E-state index contributed by atoms with van der Waals surface area (Å²) >= 11 is 0. The maximum Gasteiger partial charge on any atom is 0.330 e. The normalized spacial score (nSPS) is 10.3. The number of phenolic OH excluding ortho intramolecular Hbond substituents is 1. The van der Waals surface area contributed by atoms with Gasteiger partial charge in [-0.25, -0.2) is 4.79 Å². The van der Waals surface area contributed by atoms with Crippen LogP contribution in [-0.2, 0) is 9.53 Å². The summed E-state index contributed by atoms with van der Waals surface area (Å²) in [6.07, 6.45) is 2.42. The number of ether oxygens (including phenoxy) is 1. The topological polar surface area (TPSA) is 89.7 Å². The van der Waals surface area contributed by atoms with Gasteiger partial charge in [0, 0.05) is 17.7 Å². The number of carbonyl (C=O) groups excluding carboxylic acids is 1. The maximum absolute atomic E-state index is 10.8. The maximum atomic E-state index is 10.8. The molecule has 0 heterocycles. The van der Waals surface area contributed by atoms with E-state index in [-0.39, 0.29) is 11.4 Å². The molecule has 0 amide bonds. The number of nitro benzene ring substituents is 1. The van der Waals surface area contributed by atoms with Crippen LogP contribution < -0.4 is 0 Å². The van der Waals surface area contributed by atoms with E-state index in [2.05, 4.69) is 4.74 Å². The summed E-state index contributed by atoms with van der Waals surface area (Å²) in [6, 6.07) is 3.58. The van der Waals surface area contributed by atoms with Crippen molar-refractivity contribution in [3.8, 4) is 5.75 Å². The number of nitro groups is 1. The van der Waals surface area contributed by atoms with Crippen LogP contribution in [0.5, 0.6) is 5.75 Å². The zero-order valence-electron chi connectivity index (χ0n) is 8.41. The van der Waals surface area contributed by atoms with Crippen molar-refractivity contribution in [1.29, 1.82) is 0 Å². The summed E-state index contributed by atoms with van der Waals surface area (Å²) < 4.78 is 4.36. The summed E-state index contributed by atoms with van der Waals surface area (Å²) in [6.45, 7) is 0. The molecule has 0 fully saturated rings. The van der Waals surface area contributed by atoms with Crippen LogP contribution in [0, 0.1) is 10.1 Å². The molecule has 0 aromatic heterocycles. The molecule has 0 saturated heterocycles. The van der Waals surface area contributed by atoms with E-state index in [1.54, 1.807) is 0 Å². The highest BCUT2D eigenvalue weighted by molar-refractivity contribution is 5.87. The second-order valence-corrected chi connectivity index (χ2v) is 2.86. The molecule has 0 aliphatic heterocycles. The van der Waals surface area contributed by atoms with Gasteiger partial charge in [-0.2, -0.15) is 0 Å². The lowest BCUT2D eigenvalue weighted by Crippen LogP contribution is -1.93. The van der Waals surface area contributed by atoms with Crippen molar-refractivity contribution >= 4 is 17.7 Å². The molecule has 0 atom stereocenters. The Morgan fingerprint density at radius 1 is 1.56 bits per heavy atom. The minimum Gasteiger partial charge on any atom is -0.507 e. The van der Waals surface area contributed by atoms with Crippen molar-refractivity contribution in [3.63, 3.8) is 0 Å². The number of rotatable bonds is 3. The average Bonchev–Trinajstić information content (AvgIpc) is 2.26. The smallest absolute Gasteiger partial charge is 0.330 e. The highest BCUT2D eigenvalue weighted by atomic mass is 16.6. The molecule has 0 aliphatic carbocycles. The quantitative estimate of drug-likeness (QED) is 0.363. The predicted octanol–water partition coefficient (Wildman–Crippen LogP) is 1.49. The number of benzene rings is 1. The minimum absolute atomic E-state index is 0.215. The third-order valence-corrected chi connectivity index (χ3v) is 1.82. The number of phenols is 1. The second kappa shape index (κ2) is 4.92. The van der Waals surface area contributed by atoms with Crippen molar-refractivity contribution in [3.05, 3.63) is 40.0 Å². The molecule has 0 unspecified atom stereocenters. The zero-order valence-corrected chi connectivity index (χ0v) is 8.41. The first kappa shape index (κ1) is 11.7. The highest BCUT2D eigenvalue weighted by Crippen LogP contribution is 2.24. The fraction of sp³-hybridized carbons (Fsp3) is 0.100. The summed E-state index contributed by atoms with van der Waals surface area (Å²) in [4.78, 5) is 20.5. The molecule has 0 bridgehead atoms. The number of non-ortho nitro benzene ring substituents is 1. The van der Waals surface area contributed by atoms with Gasteiger partial charge in [0.1, 0.15) is 5.75 Å². The molecule has 1 aromatic rings. The molecule has 84 valence electrons. The SMILES string of the molecule is COC(=O)/C=C/c1ccc([N+](=O)[O-])cc1O. The van der Waals surface area contributed by atoms with Crippen LogP contribution in [0.25, 0.3) is 6.08 Å². The molecule has 1 N–H and O–H groups in total. The fourth-order valence-corrected chi connectivity index (χ4v) is 1.01. The number of hydrogen-bond donors (Lipinski definition) is 1. The van der Waals surface area contributed by atoms with Crippen molar-refractivity contribution in [2.75, 3.05) is 7.11 Å². The van der Waals surface area contributed by atoms with Gasteiger partial charge >= 0.3 is 5.97 Å². The van der Waals surface area contributed by atoms with E-state index in [4.69, 9.17) is 0 Å². The van der Waals surface area contributed by atoms with E-state index in [0.29, 0.717) is 5.56 Å². The van der Waals surface area contributed by atoms with Gasteiger partial charge in [-0.3, -0.25) is 10.1 Å². The van der Waals surface area contributed by atoms with Gasteiger partial charge < -0.3 is 9.84 Å². The third-order valence-electron chi connectivity index (χ3n) is 1.82. The van der Waals surface area contributed by atoms with Crippen molar-refractivity contribution in [2.45, 2.75) is 0 Å². The Kier molecular flexibility index (Phi) is 3.60. The Morgan fingerprint density at radius 3 is 2.75 bits per heavy atom. The molecule has 0 aliphatic rings.